The molecule has 2 N–H and O–H groups in total. The minimum absolute atomic E-state index is 0.00216. The van der Waals surface area contributed by atoms with E-state index in [0.29, 0.717) is 18.1 Å². The third-order valence-corrected chi connectivity index (χ3v) is 3.36. The van der Waals surface area contributed by atoms with Crippen LogP contribution in [0, 0.1) is 12.3 Å². The standard InChI is InChI=1S/C15H21N3O/c1-10-7-5-6-8-11(10)14-17-13(19-18-14)9-12(16)15(2,3)4/h5-8,12H,9,16H2,1-4H3. The van der Waals surface area contributed by atoms with E-state index in [0.717, 1.165) is 11.1 Å². The summed E-state index contributed by atoms with van der Waals surface area (Å²) in [4.78, 5) is 4.44. The molecular formula is C15H21N3O. The lowest BCUT2D eigenvalue weighted by molar-refractivity contribution is 0.286. The maximum absolute atomic E-state index is 6.13. The molecule has 0 fully saturated rings. The molecule has 102 valence electrons. The molecule has 0 radical (unpaired) electrons. The van der Waals surface area contributed by atoms with Crippen LogP contribution in [0.3, 0.4) is 0 Å². The number of benzene rings is 1. The highest BCUT2D eigenvalue weighted by atomic mass is 16.5. The van der Waals surface area contributed by atoms with Gasteiger partial charge in [0.25, 0.3) is 0 Å². The number of hydrogen-bond acceptors (Lipinski definition) is 4. The minimum Gasteiger partial charge on any atom is -0.339 e. The topological polar surface area (TPSA) is 64.9 Å². The molecule has 0 saturated heterocycles. The molecule has 0 aliphatic heterocycles. The first-order valence-corrected chi connectivity index (χ1v) is 6.52. The van der Waals surface area contributed by atoms with Crippen LogP contribution in [0.1, 0.15) is 32.2 Å². The summed E-state index contributed by atoms with van der Waals surface area (Å²) >= 11 is 0. The SMILES string of the molecule is Cc1ccccc1-c1noc(CC(N)C(C)(C)C)n1. The van der Waals surface area contributed by atoms with E-state index >= 15 is 0 Å². The van der Waals surface area contributed by atoms with Gasteiger partial charge in [0.1, 0.15) is 0 Å². The van der Waals surface area contributed by atoms with Gasteiger partial charge in [0, 0.05) is 18.0 Å². The maximum atomic E-state index is 6.13. The van der Waals surface area contributed by atoms with E-state index in [1.54, 1.807) is 0 Å². The van der Waals surface area contributed by atoms with Crippen LogP contribution in [0.5, 0.6) is 0 Å². The Bertz CT molecular complexity index is 555. The van der Waals surface area contributed by atoms with E-state index < -0.39 is 0 Å². The van der Waals surface area contributed by atoms with Crippen LogP contribution in [0.2, 0.25) is 0 Å². The summed E-state index contributed by atoms with van der Waals surface area (Å²) in [6.45, 7) is 8.36. The van der Waals surface area contributed by atoms with E-state index in [1.807, 2.05) is 31.2 Å². The molecule has 0 aliphatic rings. The average molecular weight is 259 g/mol. The van der Waals surface area contributed by atoms with Gasteiger partial charge in [-0.15, -0.1) is 0 Å². The monoisotopic (exact) mass is 259 g/mol. The van der Waals surface area contributed by atoms with E-state index in [-0.39, 0.29) is 11.5 Å². The summed E-state index contributed by atoms with van der Waals surface area (Å²) in [6.07, 6.45) is 0.600. The lowest BCUT2D eigenvalue weighted by atomic mass is 9.85. The van der Waals surface area contributed by atoms with Crippen molar-refractivity contribution >= 4 is 0 Å². The van der Waals surface area contributed by atoms with Gasteiger partial charge in [-0.05, 0) is 17.9 Å². The van der Waals surface area contributed by atoms with Crippen LogP contribution >= 0.6 is 0 Å². The van der Waals surface area contributed by atoms with Gasteiger partial charge in [-0.2, -0.15) is 4.98 Å². The van der Waals surface area contributed by atoms with Crippen molar-refractivity contribution in [3.63, 3.8) is 0 Å². The van der Waals surface area contributed by atoms with E-state index in [1.165, 1.54) is 0 Å². The van der Waals surface area contributed by atoms with Crippen molar-refractivity contribution in [3.8, 4) is 11.4 Å². The summed E-state index contributed by atoms with van der Waals surface area (Å²) < 4.78 is 5.30. The number of aryl methyl sites for hydroxylation is 1. The predicted molar refractivity (Wildman–Crippen MR) is 75.6 cm³/mol. The fraction of sp³-hybridized carbons (Fsp3) is 0.467. The number of nitrogens with zero attached hydrogens (tertiary/aromatic N) is 2. The molecule has 4 heteroatoms. The molecule has 1 aromatic carbocycles. The molecule has 2 rings (SSSR count). The molecule has 1 unspecified atom stereocenters. The molecule has 19 heavy (non-hydrogen) atoms. The highest BCUT2D eigenvalue weighted by Gasteiger charge is 2.23. The molecule has 0 bridgehead atoms. The predicted octanol–water partition coefficient (Wildman–Crippen LogP) is 2.96. The molecule has 4 nitrogen and oxygen atoms in total. The van der Waals surface area contributed by atoms with Crippen molar-refractivity contribution in [1.82, 2.24) is 10.1 Å². The first kappa shape index (κ1) is 13.7. The summed E-state index contributed by atoms with van der Waals surface area (Å²) in [5, 5.41) is 4.04. The fourth-order valence-corrected chi connectivity index (χ4v) is 1.77. The van der Waals surface area contributed by atoms with Crippen LogP contribution in [0.4, 0.5) is 0 Å². The van der Waals surface area contributed by atoms with Crippen molar-refractivity contribution in [2.24, 2.45) is 11.1 Å². The second kappa shape index (κ2) is 5.13. The van der Waals surface area contributed by atoms with E-state index in [2.05, 4.69) is 30.9 Å². The van der Waals surface area contributed by atoms with Crippen molar-refractivity contribution in [2.45, 2.75) is 40.2 Å². The molecular weight excluding hydrogens is 238 g/mol. The van der Waals surface area contributed by atoms with Gasteiger partial charge in [-0.25, -0.2) is 0 Å². The zero-order chi connectivity index (χ0) is 14.0. The summed E-state index contributed by atoms with van der Waals surface area (Å²) in [5.74, 6) is 1.23. The van der Waals surface area contributed by atoms with E-state index in [9.17, 15) is 0 Å². The molecule has 0 saturated carbocycles. The van der Waals surface area contributed by atoms with Crippen LogP contribution in [0.25, 0.3) is 11.4 Å². The van der Waals surface area contributed by atoms with Gasteiger partial charge < -0.3 is 10.3 Å². The molecule has 0 aliphatic carbocycles. The van der Waals surface area contributed by atoms with Gasteiger partial charge >= 0.3 is 0 Å². The lowest BCUT2D eigenvalue weighted by Gasteiger charge is -2.25. The number of rotatable bonds is 3. The van der Waals surface area contributed by atoms with Gasteiger partial charge in [0.2, 0.25) is 11.7 Å². The Morgan fingerprint density at radius 1 is 1.26 bits per heavy atom. The molecule has 2 aromatic rings. The highest BCUT2D eigenvalue weighted by Crippen LogP contribution is 2.23. The zero-order valence-corrected chi connectivity index (χ0v) is 12.0. The van der Waals surface area contributed by atoms with Crippen molar-refractivity contribution < 1.29 is 4.52 Å². The molecule has 0 spiro atoms. The highest BCUT2D eigenvalue weighted by molar-refractivity contribution is 5.58. The minimum atomic E-state index is -0.00216. The maximum Gasteiger partial charge on any atom is 0.228 e. The van der Waals surface area contributed by atoms with E-state index in [4.69, 9.17) is 10.3 Å². The van der Waals surface area contributed by atoms with Gasteiger partial charge in [0.05, 0.1) is 0 Å². The Balaban J connectivity index is 2.19. The average Bonchev–Trinajstić information content (AvgIpc) is 2.76. The van der Waals surface area contributed by atoms with Crippen LogP contribution < -0.4 is 5.73 Å². The zero-order valence-electron chi connectivity index (χ0n) is 12.0. The quantitative estimate of drug-likeness (QED) is 0.920. The second-order valence-corrected chi connectivity index (χ2v) is 6.00. The number of hydrogen-bond donors (Lipinski definition) is 1. The number of nitrogens with two attached hydrogens (primary N) is 1. The molecule has 1 aromatic heterocycles. The normalized spacial score (nSPS) is 13.5. The Kier molecular flexibility index (Phi) is 3.71. The van der Waals surface area contributed by atoms with Gasteiger partial charge in [0.15, 0.2) is 0 Å². The van der Waals surface area contributed by atoms with Crippen molar-refractivity contribution in [2.75, 3.05) is 0 Å². The first-order chi connectivity index (χ1) is 8.88. The molecule has 1 atom stereocenters. The fourth-order valence-electron chi connectivity index (χ4n) is 1.77. The van der Waals surface area contributed by atoms with Crippen molar-refractivity contribution in [1.29, 1.82) is 0 Å². The first-order valence-electron chi connectivity index (χ1n) is 6.52. The lowest BCUT2D eigenvalue weighted by Crippen LogP contribution is -2.36. The summed E-state index contributed by atoms with van der Waals surface area (Å²) in [6, 6.07) is 7.99. The number of aromatic nitrogens is 2. The molecule has 1 heterocycles. The third-order valence-electron chi connectivity index (χ3n) is 3.36. The van der Waals surface area contributed by atoms with Crippen LogP contribution in [0.15, 0.2) is 28.8 Å². The van der Waals surface area contributed by atoms with Crippen LogP contribution in [-0.2, 0) is 6.42 Å². The largest absolute Gasteiger partial charge is 0.339 e. The Labute approximate surface area is 114 Å². The Morgan fingerprint density at radius 3 is 2.58 bits per heavy atom. The van der Waals surface area contributed by atoms with Gasteiger partial charge in [-0.3, -0.25) is 0 Å². The summed E-state index contributed by atoms with van der Waals surface area (Å²) in [7, 11) is 0. The van der Waals surface area contributed by atoms with Crippen LogP contribution in [-0.4, -0.2) is 16.2 Å². The Morgan fingerprint density at radius 2 is 1.95 bits per heavy atom. The van der Waals surface area contributed by atoms with Gasteiger partial charge in [-0.1, -0.05) is 50.2 Å². The third kappa shape index (κ3) is 3.20. The second-order valence-electron chi connectivity index (χ2n) is 6.00. The molecule has 0 amide bonds. The Hall–Kier alpha value is -1.68. The smallest absolute Gasteiger partial charge is 0.228 e. The van der Waals surface area contributed by atoms with Crippen molar-refractivity contribution in [3.05, 3.63) is 35.7 Å². The summed E-state index contributed by atoms with van der Waals surface area (Å²) in [5.41, 5.74) is 8.29.